The van der Waals surface area contributed by atoms with Gasteiger partial charge in [0.05, 0.1) is 6.04 Å². The fourth-order valence-corrected chi connectivity index (χ4v) is 5.45. The van der Waals surface area contributed by atoms with E-state index in [9.17, 15) is 9.59 Å². The van der Waals surface area contributed by atoms with Crippen LogP contribution < -0.4 is 5.73 Å². The first-order valence-corrected chi connectivity index (χ1v) is 11.3. The molecule has 6 heteroatoms. The Morgan fingerprint density at radius 2 is 1.84 bits per heavy atom. The number of nitrogens with zero attached hydrogens (tertiary/aromatic N) is 3. The molecule has 3 aromatic rings. The highest BCUT2D eigenvalue weighted by Gasteiger charge is 2.50. The summed E-state index contributed by atoms with van der Waals surface area (Å²) in [5.74, 6) is 0.137. The number of pyridine rings is 1. The number of amides is 2. The van der Waals surface area contributed by atoms with E-state index in [-0.39, 0.29) is 29.7 Å². The number of aryl methyl sites for hydroxylation is 1. The summed E-state index contributed by atoms with van der Waals surface area (Å²) in [6.07, 6.45) is 5.50. The van der Waals surface area contributed by atoms with E-state index in [0.717, 1.165) is 36.7 Å². The lowest BCUT2D eigenvalue weighted by Gasteiger charge is -2.27. The van der Waals surface area contributed by atoms with Crippen molar-refractivity contribution in [3.63, 3.8) is 0 Å². The molecule has 2 unspecified atom stereocenters. The molecule has 2 aliphatic rings. The summed E-state index contributed by atoms with van der Waals surface area (Å²) in [5, 5.41) is 2.02. The summed E-state index contributed by atoms with van der Waals surface area (Å²) in [7, 11) is 0. The lowest BCUT2D eigenvalue weighted by Crippen LogP contribution is -2.46. The van der Waals surface area contributed by atoms with Gasteiger partial charge in [-0.3, -0.25) is 19.5 Å². The molecule has 2 N–H and O–H groups in total. The Bertz CT molecular complexity index is 1130. The number of aromatic nitrogens is 1. The maximum atomic E-state index is 13.2. The summed E-state index contributed by atoms with van der Waals surface area (Å²) in [5.41, 5.74) is 7.81. The molecule has 0 saturated carbocycles. The number of rotatable bonds is 6. The summed E-state index contributed by atoms with van der Waals surface area (Å²) >= 11 is 0. The quantitative estimate of drug-likeness (QED) is 0.655. The van der Waals surface area contributed by atoms with Crippen molar-refractivity contribution in [1.29, 1.82) is 0 Å². The van der Waals surface area contributed by atoms with Crippen LogP contribution in [0.5, 0.6) is 0 Å². The topological polar surface area (TPSA) is 79.5 Å². The van der Waals surface area contributed by atoms with Gasteiger partial charge in [-0.1, -0.05) is 36.4 Å². The monoisotopic (exact) mass is 428 g/mol. The third kappa shape index (κ3) is 3.98. The number of carbonyl (C=O) groups excluding carboxylic acids is 2. The second-order valence-corrected chi connectivity index (χ2v) is 9.00. The first-order valence-electron chi connectivity index (χ1n) is 11.3. The molecular formula is C26H28N4O2. The molecule has 2 aromatic carbocycles. The van der Waals surface area contributed by atoms with E-state index < -0.39 is 0 Å². The number of likely N-dealkylation sites (tertiary alicyclic amines) is 2. The summed E-state index contributed by atoms with van der Waals surface area (Å²) in [6, 6.07) is 17.8. The van der Waals surface area contributed by atoms with Crippen molar-refractivity contribution in [1.82, 2.24) is 14.8 Å². The Morgan fingerprint density at radius 1 is 1.00 bits per heavy atom. The smallest absolute Gasteiger partial charge is 0.253 e. The van der Waals surface area contributed by atoms with Crippen molar-refractivity contribution in [2.24, 2.45) is 17.6 Å². The number of primary amides is 1. The van der Waals surface area contributed by atoms with E-state index in [2.05, 4.69) is 34.1 Å². The summed E-state index contributed by atoms with van der Waals surface area (Å²) in [6.45, 7) is 2.92. The highest BCUT2D eigenvalue weighted by atomic mass is 16.2. The largest absolute Gasteiger partial charge is 0.368 e. The molecule has 2 fully saturated rings. The Labute approximate surface area is 188 Å². The Kier molecular flexibility index (Phi) is 5.62. The van der Waals surface area contributed by atoms with Crippen molar-refractivity contribution in [2.75, 3.05) is 26.2 Å². The van der Waals surface area contributed by atoms with Crippen molar-refractivity contribution in [3.8, 4) is 0 Å². The van der Waals surface area contributed by atoms with Gasteiger partial charge in [0.2, 0.25) is 5.91 Å². The molecule has 0 bridgehead atoms. The van der Waals surface area contributed by atoms with E-state index in [1.165, 1.54) is 5.56 Å². The van der Waals surface area contributed by atoms with E-state index in [1.807, 2.05) is 35.2 Å². The van der Waals surface area contributed by atoms with Gasteiger partial charge in [-0.2, -0.15) is 0 Å². The first-order chi connectivity index (χ1) is 15.6. The van der Waals surface area contributed by atoms with Gasteiger partial charge in [0.25, 0.3) is 5.91 Å². The SMILES string of the molecule is NC(=O)C1[C@@H]2CN(C(=O)c3ccc4ccncc4c3)CC2CN1CCCc1ccccc1. The molecule has 0 radical (unpaired) electrons. The molecule has 3 heterocycles. The third-order valence-corrected chi connectivity index (χ3v) is 6.98. The van der Waals surface area contributed by atoms with E-state index in [0.29, 0.717) is 18.7 Å². The lowest BCUT2D eigenvalue weighted by atomic mass is 9.94. The van der Waals surface area contributed by atoms with Crippen LogP contribution in [0.3, 0.4) is 0 Å². The van der Waals surface area contributed by atoms with Crippen molar-refractivity contribution < 1.29 is 9.59 Å². The van der Waals surface area contributed by atoms with Crippen LogP contribution in [0.2, 0.25) is 0 Å². The van der Waals surface area contributed by atoms with Crippen molar-refractivity contribution in [3.05, 3.63) is 78.1 Å². The zero-order valence-corrected chi connectivity index (χ0v) is 18.1. The van der Waals surface area contributed by atoms with Gasteiger partial charge in [-0.25, -0.2) is 0 Å². The van der Waals surface area contributed by atoms with Crippen LogP contribution in [0.25, 0.3) is 10.8 Å². The number of hydrogen-bond acceptors (Lipinski definition) is 4. The van der Waals surface area contributed by atoms with Gasteiger partial charge in [0.15, 0.2) is 0 Å². The highest BCUT2D eigenvalue weighted by molar-refractivity contribution is 5.98. The molecule has 2 aliphatic heterocycles. The number of fused-ring (bicyclic) bond motifs is 2. The summed E-state index contributed by atoms with van der Waals surface area (Å²) in [4.78, 5) is 33.8. The molecule has 1 aromatic heterocycles. The van der Waals surface area contributed by atoms with Gasteiger partial charge in [0, 0.05) is 48.9 Å². The molecule has 5 rings (SSSR count). The third-order valence-electron chi connectivity index (χ3n) is 6.98. The van der Waals surface area contributed by atoms with Crippen LogP contribution in [-0.2, 0) is 11.2 Å². The predicted octanol–water partition coefficient (Wildman–Crippen LogP) is 2.73. The average molecular weight is 429 g/mol. The fraction of sp³-hybridized carbons (Fsp3) is 0.346. The molecular weight excluding hydrogens is 400 g/mol. The van der Waals surface area contributed by atoms with Crippen molar-refractivity contribution >= 4 is 22.6 Å². The van der Waals surface area contributed by atoms with Crippen LogP contribution in [0.1, 0.15) is 22.3 Å². The Hall–Kier alpha value is -3.25. The molecule has 0 spiro atoms. The zero-order chi connectivity index (χ0) is 22.1. The molecule has 3 atom stereocenters. The van der Waals surface area contributed by atoms with Crippen LogP contribution in [0.15, 0.2) is 67.0 Å². The minimum absolute atomic E-state index is 0.0176. The van der Waals surface area contributed by atoms with Crippen LogP contribution in [-0.4, -0.2) is 58.8 Å². The van der Waals surface area contributed by atoms with Gasteiger partial charge >= 0.3 is 0 Å². The van der Waals surface area contributed by atoms with Crippen LogP contribution >= 0.6 is 0 Å². The Balaban J connectivity index is 1.24. The van der Waals surface area contributed by atoms with Gasteiger partial charge in [-0.15, -0.1) is 0 Å². The van der Waals surface area contributed by atoms with E-state index in [4.69, 9.17) is 5.73 Å². The maximum Gasteiger partial charge on any atom is 0.253 e. The molecule has 32 heavy (non-hydrogen) atoms. The van der Waals surface area contributed by atoms with Crippen LogP contribution in [0.4, 0.5) is 0 Å². The second-order valence-electron chi connectivity index (χ2n) is 9.00. The van der Waals surface area contributed by atoms with Gasteiger partial charge in [0.1, 0.15) is 0 Å². The van der Waals surface area contributed by atoms with Gasteiger partial charge < -0.3 is 10.6 Å². The molecule has 2 amide bonds. The predicted molar refractivity (Wildman–Crippen MR) is 124 cm³/mol. The average Bonchev–Trinajstić information content (AvgIpc) is 3.36. The highest BCUT2D eigenvalue weighted by Crippen LogP contribution is 2.37. The van der Waals surface area contributed by atoms with E-state index in [1.54, 1.807) is 12.4 Å². The second kappa shape index (κ2) is 8.71. The number of hydrogen-bond donors (Lipinski definition) is 1. The maximum absolute atomic E-state index is 13.2. The number of benzene rings is 2. The lowest BCUT2D eigenvalue weighted by molar-refractivity contribution is -0.123. The molecule has 164 valence electrons. The Morgan fingerprint density at radius 3 is 2.66 bits per heavy atom. The number of nitrogens with two attached hydrogens (primary N) is 1. The normalized spacial score (nSPS) is 22.9. The van der Waals surface area contributed by atoms with Crippen LogP contribution in [0, 0.1) is 11.8 Å². The fourth-order valence-electron chi connectivity index (χ4n) is 5.45. The first kappa shape index (κ1) is 20.6. The zero-order valence-electron chi connectivity index (χ0n) is 18.1. The summed E-state index contributed by atoms with van der Waals surface area (Å²) < 4.78 is 0. The molecule has 2 saturated heterocycles. The molecule has 6 nitrogen and oxygen atoms in total. The minimum atomic E-state index is -0.297. The van der Waals surface area contributed by atoms with Gasteiger partial charge in [-0.05, 0) is 54.5 Å². The molecule has 0 aliphatic carbocycles. The minimum Gasteiger partial charge on any atom is -0.368 e. The number of carbonyl (C=O) groups is 2. The van der Waals surface area contributed by atoms with E-state index >= 15 is 0 Å². The van der Waals surface area contributed by atoms with Crippen molar-refractivity contribution in [2.45, 2.75) is 18.9 Å². The standard InChI is InChI=1S/C26H28N4O2/c27-25(31)24-23-17-30(26(32)20-9-8-19-10-11-28-14-21(19)13-20)16-22(23)15-29(24)12-4-7-18-5-2-1-3-6-18/h1-3,5-6,8-11,13-14,22-24H,4,7,12,15-17H2,(H2,27,31)/t22?,23-,24?/m1/s1.